The third-order valence-corrected chi connectivity index (χ3v) is 4.02. The molecule has 1 amide bonds. The number of amides is 1. The molecule has 1 saturated carbocycles. The maximum atomic E-state index is 12.3. The Morgan fingerprint density at radius 1 is 1.24 bits per heavy atom. The van der Waals surface area contributed by atoms with Crippen molar-refractivity contribution in [2.75, 3.05) is 27.3 Å². The third-order valence-electron chi connectivity index (χ3n) is 4.02. The van der Waals surface area contributed by atoms with Crippen LogP contribution in [-0.2, 0) is 4.79 Å². The van der Waals surface area contributed by atoms with E-state index in [1.54, 1.807) is 19.1 Å². The van der Waals surface area contributed by atoms with E-state index in [9.17, 15) is 4.79 Å². The second-order valence-electron chi connectivity index (χ2n) is 5.61. The maximum Gasteiger partial charge on any atom is 0.242 e. The van der Waals surface area contributed by atoms with Crippen molar-refractivity contribution in [1.82, 2.24) is 4.90 Å². The van der Waals surface area contributed by atoms with Crippen LogP contribution in [0.25, 0.3) is 0 Å². The summed E-state index contributed by atoms with van der Waals surface area (Å²) in [6.45, 7) is 0.981. The predicted octanol–water partition coefficient (Wildman–Crippen LogP) is 1.80. The molecule has 0 atom stereocenters. The largest absolute Gasteiger partial charge is 0.497 e. The molecule has 1 aliphatic carbocycles. The lowest BCUT2D eigenvalue weighted by molar-refractivity contribution is -0.135. The van der Waals surface area contributed by atoms with Gasteiger partial charge in [0, 0.05) is 7.05 Å². The number of hydrogen-bond donors (Lipinski definition) is 1. The van der Waals surface area contributed by atoms with Crippen LogP contribution < -0.4 is 15.2 Å². The molecule has 116 valence electrons. The average molecular weight is 292 g/mol. The Morgan fingerprint density at radius 3 is 2.38 bits per heavy atom. The molecule has 1 aromatic carbocycles. The average Bonchev–Trinajstić information content (AvgIpc) is 2.95. The first-order valence-electron chi connectivity index (χ1n) is 7.36. The van der Waals surface area contributed by atoms with Crippen molar-refractivity contribution in [1.29, 1.82) is 0 Å². The molecule has 0 bridgehead atoms. The monoisotopic (exact) mass is 292 g/mol. The smallest absolute Gasteiger partial charge is 0.242 e. The molecule has 0 spiro atoms. The molecular weight excluding hydrogens is 268 g/mol. The van der Waals surface area contributed by atoms with E-state index in [0.717, 1.165) is 37.2 Å². The van der Waals surface area contributed by atoms with E-state index in [0.29, 0.717) is 13.2 Å². The minimum absolute atomic E-state index is 0.0262. The highest BCUT2D eigenvalue weighted by Crippen LogP contribution is 2.28. The number of likely N-dealkylation sites (N-methyl/N-ethyl adjacent to an activating group) is 1. The number of rotatable bonds is 6. The summed E-state index contributed by atoms with van der Waals surface area (Å²) in [5.41, 5.74) is 5.51. The van der Waals surface area contributed by atoms with Gasteiger partial charge < -0.3 is 20.1 Å². The molecule has 2 rings (SSSR count). The lowest BCUT2D eigenvalue weighted by Gasteiger charge is -2.28. The minimum atomic E-state index is -0.658. The molecule has 5 heteroatoms. The fraction of sp³-hybridized carbons (Fsp3) is 0.562. The van der Waals surface area contributed by atoms with Gasteiger partial charge in [0.15, 0.2) is 0 Å². The van der Waals surface area contributed by atoms with Gasteiger partial charge in [0.05, 0.1) is 19.2 Å². The number of carbonyl (C=O) groups excluding carboxylic acids is 1. The van der Waals surface area contributed by atoms with Crippen molar-refractivity contribution in [3.63, 3.8) is 0 Å². The van der Waals surface area contributed by atoms with Crippen LogP contribution in [0.4, 0.5) is 0 Å². The van der Waals surface area contributed by atoms with Gasteiger partial charge in [0.25, 0.3) is 0 Å². The highest BCUT2D eigenvalue weighted by atomic mass is 16.5. The molecule has 0 unspecified atom stereocenters. The fourth-order valence-corrected chi connectivity index (χ4v) is 2.67. The number of nitrogens with two attached hydrogens (primary N) is 1. The number of carbonyl (C=O) groups is 1. The maximum absolute atomic E-state index is 12.3. The van der Waals surface area contributed by atoms with Crippen LogP contribution >= 0.6 is 0 Å². The highest BCUT2D eigenvalue weighted by Gasteiger charge is 2.38. The molecule has 0 aliphatic heterocycles. The molecule has 0 heterocycles. The summed E-state index contributed by atoms with van der Waals surface area (Å²) in [7, 11) is 3.41. The van der Waals surface area contributed by atoms with Gasteiger partial charge in [-0.3, -0.25) is 4.79 Å². The van der Waals surface area contributed by atoms with Gasteiger partial charge in [-0.2, -0.15) is 0 Å². The first-order valence-corrected chi connectivity index (χ1v) is 7.36. The zero-order valence-electron chi connectivity index (χ0n) is 12.8. The molecule has 1 fully saturated rings. The second kappa shape index (κ2) is 6.80. The summed E-state index contributed by atoms with van der Waals surface area (Å²) >= 11 is 0. The summed E-state index contributed by atoms with van der Waals surface area (Å²) in [5.74, 6) is 1.58. The summed E-state index contributed by atoms with van der Waals surface area (Å²) in [6, 6.07) is 7.39. The Balaban J connectivity index is 1.78. The fourth-order valence-electron chi connectivity index (χ4n) is 2.67. The molecule has 0 saturated heterocycles. The van der Waals surface area contributed by atoms with Crippen molar-refractivity contribution in [2.45, 2.75) is 31.2 Å². The molecule has 1 aliphatic rings. The highest BCUT2D eigenvalue weighted by molar-refractivity contribution is 5.86. The van der Waals surface area contributed by atoms with Gasteiger partial charge in [-0.1, -0.05) is 12.8 Å². The van der Waals surface area contributed by atoms with Crippen LogP contribution in [0.3, 0.4) is 0 Å². The minimum Gasteiger partial charge on any atom is -0.497 e. The van der Waals surface area contributed by atoms with E-state index in [1.807, 2.05) is 24.3 Å². The third kappa shape index (κ3) is 3.88. The summed E-state index contributed by atoms with van der Waals surface area (Å²) in [4.78, 5) is 14.0. The van der Waals surface area contributed by atoms with Gasteiger partial charge in [0.1, 0.15) is 18.1 Å². The zero-order valence-corrected chi connectivity index (χ0v) is 12.8. The van der Waals surface area contributed by atoms with Gasteiger partial charge >= 0.3 is 0 Å². The molecule has 21 heavy (non-hydrogen) atoms. The van der Waals surface area contributed by atoms with Gasteiger partial charge in [0.2, 0.25) is 5.91 Å². The number of ether oxygens (including phenoxy) is 2. The SMILES string of the molecule is COc1ccc(OCCN(C)C(=O)C2(N)CCCC2)cc1. The van der Waals surface area contributed by atoms with Crippen molar-refractivity contribution >= 4 is 5.91 Å². The summed E-state index contributed by atoms with van der Waals surface area (Å²) in [6.07, 6.45) is 3.65. The Labute approximate surface area is 126 Å². The summed E-state index contributed by atoms with van der Waals surface area (Å²) < 4.78 is 10.7. The molecule has 0 aromatic heterocycles. The van der Waals surface area contributed by atoms with Crippen LogP contribution in [0.2, 0.25) is 0 Å². The van der Waals surface area contributed by atoms with Crippen LogP contribution in [-0.4, -0.2) is 43.7 Å². The van der Waals surface area contributed by atoms with Crippen molar-refractivity contribution in [2.24, 2.45) is 5.73 Å². The van der Waals surface area contributed by atoms with Gasteiger partial charge in [-0.05, 0) is 37.1 Å². The predicted molar refractivity (Wildman–Crippen MR) is 81.5 cm³/mol. The van der Waals surface area contributed by atoms with Crippen molar-refractivity contribution in [3.05, 3.63) is 24.3 Å². The Hall–Kier alpha value is -1.75. The Kier molecular flexibility index (Phi) is 5.07. The van der Waals surface area contributed by atoms with E-state index < -0.39 is 5.54 Å². The van der Waals surface area contributed by atoms with E-state index in [1.165, 1.54) is 0 Å². The van der Waals surface area contributed by atoms with Crippen LogP contribution in [0.15, 0.2) is 24.3 Å². The number of benzene rings is 1. The Bertz CT molecular complexity index is 467. The topological polar surface area (TPSA) is 64.8 Å². The summed E-state index contributed by atoms with van der Waals surface area (Å²) in [5, 5.41) is 0. The standard InChI is InChI=1S/C16H24N2O3/c1-18(15(19)16(17)9-3-4-10-16)11-12-21-14-7-5-13(20-2)6-8-14/h5-8H,3-4,9-12,17H2,1-2H3. The van der Waals surface area contributed by atoms with E-state index in [4.69, 9.17) is 15.2 Å². The normalized spacial score (nSPS) is 16.5. The molecular formula is C16H24N2O3. The Morgan fingerprint density at radius 2 is 1.81 bits per heavy atom. The van der Waals surface area contributed by atoms with E-state index >= 15 is 0 Å². The first kappa shape index (κ1) is 15.6. The lowest BCUT2D eigenvalue weighted by atomic mass is 9.97. The van der Waals surface area contributed by atoms with Crippen molar-refractivity contribution < 1.29 is 14.3 Å². The number of nitrogens with zero attached hydrogens (tertiary/aromatic N) is 1. The van der Waals surface area contributed by atoms with E-state index in [2.05, 4.69) is 0 Å². The molecule has 2 N–H and O–H groups in total. The lowest BCUT2D eigenvalue weighted by Crippen LogP contribution is -2.53. The van der Waals surface area contributed by atoms with Crippen LogP contribution in [0.1, 0.15) is 25.7 Å². The second-order valence-corrected chi connectivity index (χ2v) is 5.61. The number of methoxy groups -OCH3 is 1. The zero-order chi connectivity index (χ0) is 15.3. The number of hydrogen-bond acceptors (Lipinski definition) is 4. The first-order chi connectivity index (χ1) is 10.0. The van der Waals surface area contributed by atoms with Gasteiger partial charge in [-0.25, -0.2) is 0 Å². The van der Waals surface area contributed by atoms with Gasteiger partial charge in [-0.15, -0.1) is 0 Å². The van der Waals surface area contributed by atoms with Crippen molar-refractivity contribution in [3.8, 4) is 11.5 Å². The van der Waals surface area contributed by atoms with E-state index in [-0.39, 0.29) is 5.91 Å². The quantitative estimate of drug-likeness (QED) is 0.868. The molecule has 1 aromatic rings. The molecule has 5 nitrogen and oxygen atoms in total. The molecule has 0 radical (unpaired) electrons. The van der Waals surface area contributed by atoms with Crippen LogP contribution in [0.5, 0.6) is 11.5 Å². The van der Waals surface area contributed by atoms with Crippen LogP contribution in [0, 0.1) is 0 Å².